The minimum absolute atomic E-state index is 0.105. The van der Waals surface area contributed by atoms with Crippen LogP contribution in [0.15, 0.2) is 0 Å². The van der Waals surface area contributed by atoms with Gasteiger partial charge in [0.1, 0.15) is 0 Å². The summed E-state index contributed by atoms with van der Waals surface area (Å²) >= 11 is 0. The van der Waals surface area contributed by atoms with Crippen molar-refractivity contribution in [3.05, 3.63) is 0 Å². The summed E-state index contributed by atoms with van der Waals surface area (Å²) in [6, 6.07) is 0. The summed E-state index contributed by atoms with van der Waals surface area (Å²) in [5.74, 6) is 6.35. The van der Waals surface area contributed by atoms with Crippen LogP contribution in [0.5, 0.6) is 0 Å². The summed E-state index contributed by atoms with van der Waals surface area (Å²) in [6.45, 7) is 6.34. The van der Waals surface area contributed by atoms with Crippen molar-refractivity contribution in [1.82, 2.24) is 0 Å². The van der Waals surface area contributed by atoms with Gasteiger partial charge in [0, 0.05) is 6.42 Å². The third-order valence-corrected chi connectivity index (χ3v) is 2.38. The van der Waals surface area contributed by atoms with Crippen LogP contribution in [-0.2, 0) is 4.74 Å². The molecule has 1 aliphatic rings. The SMILES string of the molecule is CCCCCC#C[C@]1(C)O[C@H]1C. The van der Waals surface area contributed by atoms with Crippen LogP contribution in [0, 0.1) is 11.8 Å². The molecule has 0 saturated carbocycles. The number of ether oxygens (including phenoxy) is 1. The standard InChI is InChI=1S/C11H18O/c1-4-5-6-7-8-9-11(3)10(2)12-11/h10H,4-7H2,1-3H3/t10-,11-/m0/s1. The molecule has 1 fully saturated rings. The zero-order valence-electron chi connectivity index (χ0n) is 8.31. The highest BCUT2D eigenvalue weighted by Gasteiger charge is 2.47. The fraction of sp³-hybridized carbons (Fsp3) is 0.818. The molecule has 0 N–H and O–H groups in total. The number of hydrogen-bond acceptors (Lipinski definition) is 1. The highest BCUT2D eigenvalue weighted by atomic mass is 16.6. The van der Waals surface area contributed by atoms with Gasteiger partial charge >= 0.3 is 0 Å². The second-order valence-corrected chi connectivity index (χ2v) is 3.63. The maximum Gasteiger partial charge on any atom is 0.152 e. The van der Waals surface area contributed by atoms with Crippen LogP contribution in [-0.4, -0.2) is 11.7 Å². The summed E-state index contributed by atoms with van der Waals surface area (Å²) in [4.78, 5) is 0. The van der Waals surface area contributed by atoms with Crippen LogP contribution in [0.4, 0.5) is 0 Å². The lowest BCUT2D eigenvalue weighted by molar-refractivity contribution is 0.355. The molecule has 1 heteroatoms. The molecule has 12 heavy (non-hydrogen) atoms. The Kier molecular flexibility index (Phi) is 3.17. The molecule has 0 aliphatic carbocycles. The van der Waals surface area contributed by atoms with Gasteiger partial charge in [0.2, 0.25) is 0 Å². The van der Waals surface area contributed by atoms with Crippen LogP contribution in [0.3, 0.4) is 0 Å². The monoisotopic (exact) mass is 166 g/mol. The molecule has 0 unspecified atom stereocenters. The Hall–Kier alpha value is -0.480. The molecular formula is C11H18O. The topological polar surface area (TPSA) is 12.5 Å². The molecule has 68 valence electrons. The van der Waals surface area contributed by atoms with Crippen molar-refractivity contribution in [2.75, 3.05) is 0 Å². The van der Waals surface area contributed by atoms with E-state index >= 15 is 0 Å². The lowest BCUT2D eigenvalue weighted by atomic mass is 10.1. The molecule has 0 spiro atoms. The van der Waals surface area contributed by atoms with Gasteiger partial charge in [-0.2, -0.15) is 0 Å². The molecule has 0 aromatic rings. The van der Waals surface area contributed by atoms with Crippen LogP contribution in [0.1, 0.15) is 46.5 Å². The molecule has 1 aliphatic heterocycles. The predicted molar refractivity (Wildman–Crippen MR) is 50.9 cm³/mol. The van der Waals surface area contributed by atoms with Gasteiger partial charge in [0.15, 0.2) is 5.60 Å². The summed E-state index contributed by atoms with van der Waals surface area (Å²) in [6.07, 6.45) is 5.16. The molecule has 2 atom stereocenters. The number of epoxide rings is 1. The Morgan fingerprint density at radius 1 is 1.42 bits per heavy atom. The van der Waals surface area contributed by atoms with E-state index in [4.69, 9.17) is 4.74 Å². The van der Waals surface area contributed by atoms with E-state index in [1.54, 1.807) is 0 Å². The van der Waals surface area contributed by atoms with E-state index in [2.05, 4.69) is 32.6 Å². The van der Waals surface area contributed by atoms with Crippen LogP contribution in [0.2, 0.25) is 0 Å². The average Bonchev–Trinajstić information content (AvgIpc) is 2.60. The minimum Gasteiger partial charge on any atom is -0.353 e. The Bertz CT molecular complexity index is 199. The fourth-order valence-electron chi connectivity index (χ4n) is 1.17. The second kappa shape index (κ2) is 3.96. The predicted octanol–water partition coefficient (Wildman–Crippen LogP) is 2.75. The fourth-order valence-corrected chi connectivity index (χ4v) is 1.17. The van der Waals surface area contributed by atoms with Gasteiger partial charge in [-0.3, -0.25) is 0 Å². The first-order valence-electron chi connectivity index (χ1n) is 4.87. The van der Waals surface area contributed by atoms with Crippen molar-refractivity contribution < 1.29 is 4.74 Å². The lowest BCUT2D eigenvalue weighted by Crippen LogP contribution is -2.02. The summed E-state index contributed by atoms with van der Waals surface area (Å²) in [5.41, 5.74) is -0.105. The van der Waals surface area contributed by atoms with Crippen LogP contribution >= 0.6 is 0 Å². The maximum atomic E-state index is 5.34. The van der Waals surface area contributed by atoms with Gasteiger partial charge in [0.25, 0.3) is 0 Å². The summed E-state index contributed by atoms with van der Waals surface area (Å²) in [7, 11) is 0. The quantitative estimate of drug-likeness (QED) is 0.357. The first-order chi connectivity index (χ1) is 5.69. The van der Waals surface area contributed by atoms with Crippen molar-refractivity contribution in [3.63, 3.8) is 0 Å². The first kappa shape index (κ1) is 9.61. The molecule has 1 saturated heterocycles. The van der Waals surface area contributed by atoms with E-state index in [1.165, 1.54) is 19.3 Å². The van der Waals surface area contributed by atoms with E-state index in [1.807, 2.05) is 0 Å². The second-order valence-electron chi connectivity index (χ2n) is 3.63. The largest absolute Gasteiger partial charge is 0.353 e. The van der Waals surface area contributed by atoms with Gasteiger partial charge < -0.3 is 4.74 Å². The number of hydrogen-bond donors (Lipinski definition) is 0. The van der Waals surface area contributed by atoms with Gasteiger partial charge in [-0.15, -0.1) is 5.92 Å². The van der Waals surface area contributed by atoms with Crippen molar-refractivity contribution in [1.29, 1.82) is 0 Å². The van der Waals surface area contributed by atoms with Gasteiger partial charge in [-0.1, -0.05) is 25.7 Å². The zero-order chi connectivity index (χ0) is 9.03. The summed E-state index contributed by atoms with van der Waals surface area (Å²) < 4.78 is 5.34. The van der Waals surface area contributed by atoms with Gasteiger partial charge in [-0.25, -0.2) is 0 Å². The molecule has 0 aromatic heterocycles. The normalized spacial score (nSPS) is 32.4. The molecule has 0 aromatic carbocycles. The van der Waals surface area contributed by atoms with Crippen molar-refractivity contribution in [2.24, 2.45) is 0 Å². The molecule has 0 bridgehead atoms. The van der Waals surface area contributed by atoms with Crippen LogP contribution < -0.4 is 0 Å². The Morgan fingerprint density at radius 3 is 2.58 bits per heavy atom. The minimum atomic E-state index is -0.105. The molecule has 0 radical (unpaired) electrons. The van der Waals surface area contributed by atoms with E-state index in [-0.39, 0.29) is 5.60 Å². The first-order valence-corrected chi connectivity index (χ1v) is 4.87. The molecule has 1 nitrogen and oxygen atoms in total. The maximum absolute atomic E-state index is 5.34. The number of rotatable bonds is 3. The zero-order valence-corrected chi connectivity index (χ0v) is 8.31. The van der Waals surface area contributed by atoms with E-state index < -0.39 is 0 Å². The van der Waals surface area contributed by atoms with Crippen LogP contribution in [0.25, 0.3) is 0 Å². The van der Waals surface area contributed by atoms with Gasteiger partial charge in [-0.05, 0) is 20.3 Å². The number of unbranched alkanes of at least 4 members (excludes halogenated alkanes) is 3. The molecule has 1 heterocycles. The molecule has 0 amide bonds. The van der Waals surface area contributed by atoms with Crippen molar-refractivity contribution in [3.8, 4) is 11.8 Å². The van der Waals surface area contributed by atoms with E-state index in [0.717, 1.165) is 6.42 Å². The van der Waals surface area contributed by atoms with Gasteiger partial charge in [0.05, 0.1) is 6.10 Å². The molecule has 1 rings (SSSR count). The molecular weight excluding hydrogens is 148 g/mol. The third-order valence-electron chi connectivity index (χ3n) is 2.38. The van der Waals surface area contributed by atoms with E-state index in [9.17, 15) is 0 Å². The summed E-state index contributed by atoms with van der Waals surface area (Å²) in [5, 5.41) is 0. The Labute approximate surface area is 75.5 Å². The van der Waals surface area contributed by atoms with Crippen molar-refractivity contribution >= 4 is 0 Å². The Morgan fingerprint density at radius 2 is 2.08 bits per heavy atom. The third kappa shape index (κ3) is 2.53. The highest BCUT2D eigenvalue weighted by Crippen LogP contribution is 2.34. The highest BCUT2D eigenvalue weighted by molar-refractivity contribution is 5.22. The lowest BCUT2D eigenvalue weighted by Gasteiger charge is -1.91. The smallest absolute Gasteiger partial charge is 0.152 e. The van der Waals surface area contributed by atoms with Crippen molar-refractivity contribution in [2.45, 2.75) is 58.2 Å². The average molecular weight is 166 g/mol. The van der Waals surface area contributed by atoms with E-state index in [0.29, 0.717) is 6.10 Å². The Balaban J connectivity index is 2.13.